The number of aryl methyl sites for hydroxylation is 1. The molecule has 4 nitrogen and oxygen atoms in total. The minimum absolute atomic E-state index is 0.0705. The molecule has 0 spiro atoms. The molecule has 1 aromatic carbocycles. The Kier molecular flexibility index (Phi) is 4.11. The molecule has 1 aliphatic heterocycles. The molecule has 1 N–H and O–H groups in total. The number of amides is 1. The molecule has 104 valence electrons. The molecule has 1 saturated heterocycles. The first kappa shape index (κ1) is 14.3. The normalized spacial score (nSPS) is 19.7. The molecule has 19 heavy (non-hydrogen) atoms. The van der Waals surface area contributed by atoms with Crippen LogP contribution >= 0.6 is 23.2 Å². The number of benzene rings is 1. The van der Waals surface area contributed by atoms with Crippen molar-refractivity contribution in [2.45, 2.75) is 19.9 Å². The summed E-state index contributed by atoms with van der Waals surface area (Å²) in [5.41, 5.74) is 1.81. The number of hydrogen-bond donors (Lipinski definition) is 1. The lowest BCUT2D eigenvalue weighted by molar-refractivity contribution is 0.136. The van der Waals surface area contributed by atoms with Crippen LogP contribution in [0, 0.1) is 6.92 Å². The first-order chi connectivity index (χ1) is 8.91. The number of halogens is 2. The van der Waals surface area contributed by atoms with E-state index in [9.17, 15) is 4.79 Å². The van der Waals surface area contributed by atoms with Gasteiger partial charge in [-0.1, -0.05) is 29.3 Å². The second-order valence-corrected chi connectivity index (χ2v) is 5.56. The van der Waals surface area contributed by atoms with Gasteiger partial charge in [0, 0.05) is 25.7 Å². The lowest BCUT2D eigenvalue weighted by atomic mass is 10.1. The summed E-state index contributed by atoms with van der Waals surface area (Å²) in [6, 6.07) is 3.94. The molecule has 0 saturated carbocycles. The van der Waals surface area contributed by atoms with E-state index in [0.29, 0.717) is 29.7 Å². The summed E-state index contributed by atoms with van der Waals surface area (Å²) in [6.45, 7) is 5.45. The summed E-state index contributed by atoms with van der Waals surface area (Å²) in [5.74, 6) is 0. The SMILES string of the molecule is Cc1ccc(N2CCN(C(=O)O)C[C@H]2C)c(Cl)c1Cl. The van der Waals surface area contributed by atoms with Gasteiger partial charge in [0.05, 0.1) is 15.7 Å². The molecule has 0 aliphatic carbocycles. The van der Waals surface area contributed by atoms with Crippen LogP contribution in [0.2, 0.25) is 10.0 Å². The standard InChI is InChI=1S/C13H16Cl2N2O2/c1-8-3-4-10(12(15)11(8)14)17-6-5-16(13(18)19)7-9(17)2/h3-4,9H,5-7H2,1-2H3,(H,18,19)/t9-/m1/s1. The first-order valence-electron chi connectivity index (χ1n) is 6.11. The van der Waals surface area contributed by atoms with E-state index in [1.54, 1.807) is 0 Å². The monoisotopic (exact) mass is 302 g/mol. The van der Waals surface area contributed by atoms with E-state index in [1.165, 1.54) is 4.90 Å². The van der Waals surface area contributed by atoms with Crippen molar-refractivity contribution >= 4 is 35.0 Å². The van der Waals surface area contributed by atoms with Gasteiger partial charge in [-0.2, -0.15) is 0 Å². The number of carboxylic acid groups (broad SMARTS) is 1. The first-order valence-corrected chi connectivity index (χ1v) is 6.86. The predicted molar refractivity (Wildman–Crippen MR) is 77.6 cm³/mol. The number of nitrogens with zero attached hydrogens (tertiary/aromatic N) is 2. The van der Waals surface area contributed by atoms with Crippen LogP contribution in [0.5, 0.6) is 0 Å². The van der Waals surface area contributed by atoms with Crippen LogP contribution in [0.15, 0.2) is 12.1 Å². The fourth-order valence-corrected chi connectivity index (χ4v) is 2.83. The van der Waals surface area contributed by atoms with Crippen LogP contribution in [0.3, 0.4) is 0 Å². The lowest BCUT2D eigenvalue weighted by Gasteiger charge is -2.40. The second-order valence-electron chi connectivity index (χ2n) is 4.80. The Labute approximate surface area is 122 Å². The number of rotatable bonds is 1. The highest BCUT2D eigenvalue weighted by atomic mass is 35.5. The zero-order valence-corrected chi connectivity index (χ0v) is 12.4. The average molecular weight is 303 g/mol. The molecule has 1 aromatic rings. The zero-order valence-electron chi connectivity index (χ0n) is 10.9. The van der Waals surface area contributed by atoms with Crippen LogP contribution < -0.4 is 4.90 Å². The topological polar surface area (TPSA) is 43.8 Å². The van der Waals surface area contributed by atoms with Crippen LogP contribution in [-0.4, -0.2) is 41.8 Å². The molecule has 1 amide bonds. The largest absolute Gasteiger partial charge is 0.465 e. The maximum absolute atomic E-state index is 11.0. The van der Waals surface area contributed by atoms with Gasteiger partial charge >= 0.3 is 6.09 Å². The van der Waals surface area contributed by atoms with Crippen molar-refractivity contribution in [3.8, 4) is 0 Å². The van der Waals surface area contributed by atoms with Gasteiger partial charge in [0.2, 0.25) is 0 Å². The average Bonchev–Trinajstić information content (AvgIpc) is 2.37. The molecule has 0 bridgehead atoms. The Balaban J connectivity index is 2.24. The van der Waals surface area contributed by atoms with E-state index in [1.807, 2.05) is 26.0 Å². The number of hydrogen-bond acceptors (Lipinski definition) is 2. The summed E-state index contributed by atoms with van der Waals surface area (Å²) in [5, 5.41) is 10.1. The van der Waals surface area contributed by atoms with E-state index in [2.05, 4.69) is 4.90 Å². The third-order valence-corrected chi connectivity index (χ3v) is 4.43. The van der Waals surface area contributed by atoms with Crippen molar-refractivity contribution in [3.05, 3.63) is 27.7 Å². The molecular formula is C13H16Cl2N2O2. The summed E-state index contributed by atoms with van der Waals surface area (Å²) in [4.78, 5) is 14.5. The van der Waals surface area contributed by atoms with Crippen molar-refractivity contribution in [1.29, 1.82) is 0 Å². The number of piperazine rings is 1. The van der Waals surface area contributed by atoms with Crippen molar-refractivity contribution in [3.63, 3.8) is 0 Å². The molecule has 6 heteroatoms. The van der Waals surface area contributed by atoms with Crippen LogP contribution in [0.4, 0.5) is 10.5 Å². The highest BCUT2D eigenvalue weighted by Gasteiger charge is 2.28. The lowest BCUT2D eigenvalue weighted by Crippen LogP contribution is -2.53. The van der Waals surface area contributed by atoms with E-state index < -0.39 is 6.09 Å². The van der Waals surface area contributed by atoms with Gasteiger partial charge in [0.1, 0.15) is 0 Å². The van der Waals surface area contributed by atoms with Gasteiger partial charge in [0.15, 0.2) is 0 Å². The molecule has 0 unspecified atom stereocenters. The van der Waals surface area contributed by atoms with Crippen LogP contribution in [-0.2, 0) is 0 Å². The van der Waals surface area contributed by atoms with Crippen molar-refractivity contribution in [2.24, 2.45) is 0 Å². The van der Waals surface area contributed by atoms with Gasteiger partial charge in [-0.25, -0.2) is 4.79 Å². The highest BCUT2D eigenvalue weighted by Crippen LogP contribution is 2.36. The van der Waals surface area contributed by atoms with Gasteiger partial charge in [-0.15, -0.1) is 0 Å². The van der Waals surface area contributed by atoms with Gasteiger partial charge < -0.3 is 14.9 Å². The minimum Gasteiger partial charge on any atom is -0.465 e. The van der Waals surface area contributed by atoms with Gasteiger partial charge in [-0.3, -0.25) is 0 Å². The second kappa shape index (κ2) is 5.47. The fourth-order valence-electron chi connectivity index (χ4n) is 2.35. The molecule has 1 aliphatic rings. The van der Waals surface area contributed by atoms with Crippen LogP contribution in [0.25, 0.3) is 0 Å². The van der Waals surface area contributed by atoms with Gasteiger partial charge in [-0.05, 0) is 25.5 Å². The van der Waals surface area contributed by atoms with Crippen LogP contribution in [0.1, 0.15) is 12.5 Å². The van der Waals surface area contributed by atoms with Crippen molar-refractivity contribution in [1.82, 2.24) is 4.90 Å². The van der Waals surface area contributed by atoms with E-state index in [0.717, 1.165) is 11.3 Å². The summed E-state index contributed by atoms with van der Waals surface area (Å²) >= 11 is 12.5. The Morgan fingerprint density at radius 2 is 2.00 bits per heavy atom. The van der Waals surface area contributed by atoms with Gasteiger partial charge in [0.25, 0.3) is 0 Å². The molecule has 0 radical (unpaired) electrons. The number of carbonyl (C=O) groups is 1. The molecule has 1 atom stereocenters. The third-order valence-electron chi connectivity index (χ3n) is 3.46. The molecule has 1 heterocycles. The summed E-state index contributed by atoms with van der Waals surface area (Å²) in [7, 11) is 0. The fraction of sp³-hybridized carbons (Fsp3) is 0.462. The Morgan fingerprint density at radius 3 is 2.58 bits per heavy atom. The van der Waals surface area contributed by atoms with E-state index >= 15 is 0 Å². The third kappa shape index (κ3) is 2.74. The molecular weight excluding hydrogens is 287 g/mol. The van der Waals surface area contributed by atoms with E-state index in [-0.39, 0.29) is 6.04 Å². The molecule has 1 fully saturated rings. The quantitative estimate of drug-likeness (QED) is 0.863. The Morgan fingerprint density at radius 1 is 1.32 bits per heavy atom. The highest BCUT2D eigenvalue weighted by molar-refractivity contribution is 6.44. The smallest absolute Gasteiger partial charge is 0.407 e. The molecule has 2 rings (SSSR count). The van der Waals surface area contributed by atoms with Crippen molar-refractivity contribution < 1.29 is 9.90 Å². The molecule has 0 aromatic heterocycles. The number of anilines is 1. The maximum Gasteiger partial charge on any atom is 0.407 e. The van der Waals surface area contributed by atoms with Crippen molar-refractivity contribution in [2.75, 3.05) is 24.5 Å². The Bertz CT molecular complexity index is 508. The Hall–Kier alpha value is -1.13. The summed E-state index contributed by atoms with van der Waals surface area (Å²) in [6.07, 6.45) is -0.875. The predicted octanol–water partition coefficient (Wildman–Crippen LogP) is 3.49. The van der Waals surface area contributed by atoms with E-state index in [4.69, 9.17) is 28.3 Å². The minimum atomic E-state index is -0.875. The summed E-state index contributed by atoms with van der Waals surface area (Å²) < 4.78 is 0. The zero-order chi connectivity index (χ0) is 14.2. The maximum atomic E-state index is 11.0.